The van der Waals surface area contributed by atoms with Gasteiger partial charge in [-0.05, 0) is 31.5 Å². The molecule has 0 unspecified atom stereocenters. The zero-order chi connectivity index (χ0) is 19.1. The molecule has 0 aliphatic heterocycles. The van der Waals surface area contributed by atoms with Crippen molar-refractivity contribution in [2.45, 2.75) is 13.8 Å². The number of rotatable bonds is 3. The monoisotopic (exact) mass is 361 g/mol. The molecule has 4 rings (SSSR count). The first kappa shape index (κ1) is 16.8. The van der Waals surface area contributed by atoms with Gasteiger partial charge in [0.2, 0.25) is 0 Å². The molecule has 0 atom stereocenters. The highest BCUT2D eigenvalue weighted by molar-refractivity contribution is 6.09. The van der Waals surface area contributed by atoms with E-state index in [4.69, 9.17) is 5.73 Å². The zero-order valence-corrected chi connectivity index (χ0v) is 15.3. The van der Waals surface area contributed by atoms with Gasteiger partial charge in [0.1, 0.15) is 17.1 Å². The second-order valence-electron chi connectivity index (χ2n) is 6.52. The Morgan fingerprint density at radius 1 is 1.22 bits per heavy atom. The summed E-state index contributed by atoms with van der Waals surface area (Å²) < 4.78 is 3.19. The first-order valence-electron chi connectivity index (χ1n) is 8.45. The van der Waals surface area contributed by atoms with Crippen LogP contribution in [0, 0.1) is 13.8 Å². The van der Waals surface area contributed by atoms with Crippen LogP contribution in [0.2, 0.25) is 0 Å². The minimum Gasteiger partial charge on any atom is -0.384 e. The van der Waals surface area contributed by atoms with Crippen molar-refractivity contribution in [3.8, 4) is 11.3 Å². The van der Waals surface area contributed by atoms with Crippen molar-refractivity contribution in [1.29, 1.82) is 0 Å². The molecule has 0 radical (unpaired) electrons. The summed E-state index contributed by atoms with van der Waals surface area (Å²) >= 11 is 0. The Bertz CT molecular complexity index is 1170. The van der Waals surface area contributed by atoms with E-state index in [2.05, 4.69) is 32.6 Å². The number of amides is 1. The number of nitrogen functional groups attached to an aromatic ring is 1. The van der Waals surface area contributed by atoms with Crippen LogP contribution >= 0.6 is 0 Å². The maximum absolute atomic E-state index is 12.9. The summed E-state index contributed by atoms with van der Waals surface area (Å²) in [7, 11) is 1.82. The van der Waals surface area contributed by atoms with Crippen LogP contribution in [0.5, 0.6) is 0 Å². The second-order valence-corrected chi connectivity index (χ2v) is 6.52. The van der Waals surface area contributed by atoms with Crippen LogP contribution in [0.4, 0.5) is 11.5 Å². The second kappa shape index (κ2) is 6.24. The van der Waals surface area contributed by atoms with E-state index in [0.717, 1.165) is 22.4 Å². The van der Waals surface area contributed by atoms with Gasteiger partial charge in [-0.1, -0.05) is 17.7 Å². The molecular weight excluding hydrogens is 342 g/mol. The number of aryl methyl sites for hydroxylation is 3. The van der Waals surface area contributed by atoms with Crippen molar-refractivity contribution < 1.29 is 4.79 Å². The van der Waals surface area contributed by atoms with Crippen molar-refractivity contribution in [3.63, 3.8) is 0 Å². The highest BCUT2D eigenvalue weighted by Gasteiger charge is 2.19. The predicted octanol–water partition coefficient (Wildman–Crippen LogP) is 2.58. The average molecular weight is 361 g/mol. The van der Waals surface area contributed by atoms with Gasteiger partial charge in [-0.25, -0.2) is 9.50 Å². The fraction of sp³-hybridized carbons (Fsp3) is 0.158. The van der Waals surface area contributed by atoms with Crippen molar-refractivity contribution in [1.82, 2.24) is 24.4 Å². The summed E-state index contributed by atoms with van der Waals surface area (Å²) in [5, 5.41) is 11.6. The van der Waals surface area contributed by atoms with E-state index >= 15 is 0 Å². The Hall–Kier alpha value is -3.68. The lowest BCUT2D eigenvalue weighted by Crippen LogP contribution is -2.12. The Morgan fingerprint density at radius 2 is 2.04 bits per heavy atom. The van der Waals surface area contributed by atoms with Gasteiger partial charge >= 0.3 is 0 Å². The Morgan fingerprint density at radius 3 is 2.85 bits per heavy atom. The molecule has 3 N–H and O–H groups in total. The van der Waals surface area contributed by atoms with E-state index in [0.29, 0.717) is 22.7 Å². The van der Waals surface area contributed by atoms with Gasteiger partial charge in [-0.3, -0.25) is 9.48 Å². The number of carbonyl (C=O) groups excluding carboxylic acids is 1. The molecule has 0 saturated heterocycles. The van der Waals surface area contributed by atoms with Crippen LogP contribution in [0.3, 0.4) is 0 Å². The van der Waals surface area contributed by atoms with E-state index in [1.54, 1.807) is 23.1 Å². The molecule has 1 aromatic carbocycles. The highest BCUT2D eigenvalue weighted by atomic mass is 16.1. The summed E-state index contributed by atoms with van der Waals surface area (Å²) in [6.45, 7) is 4.05. The van der Waals surface area contributed by atoms with Crippen LogP contribution in [-0.2, 0) is 7.05 Å². The lowest BCUT2D eigenvalue weighted by atomic mass is 10.0. The Balaban J connectivity index is 1.74. The number of hydrogen-bond donors (Lipinski definition) is 2. The van der Waals surface area contributed by atoms with Crippen LogP contribution in [0.1, 0.15) is 21.5 Å². The number of carbonyl (C=O) groups is 1. The van der Waals surface area contributed by atoms with E-state index in [1.165, 1.54) is 10.7 Å². The summed E-state index contributed by atoms with van der Waals surface area (Å²) in [4.78, 5) is 17.1. The number of aromatic nitrogens is 5. The van der Waals surface area contributed by atoms with Gasteiger partial charge < -0.3 is 11.1 Å². The molecule has 4 aromatic rings. The number of hydrogen-bond acceptors (Lipinski definition) is 5. The SMILES string of the molecule is Cc1ccc(C)c(-c2nn(C)cc2NC(=O)c2cnn3ccc(N)nc23)c1. The lowest BCUT2D eigenvalue weighted by Gasteiger charge is -2.08. The molecule has 3 aromatic heterocycles. The average Bonchev–Trinajstić information content (AvgIpc) is 3.20. The van der Waals surface area contributed by atoms with Crippen LogP contribution < -0.4 is 11.1 Å². The Labute approximate surface area is 155 Å². The van der Waals surface area contributed by atoms with Crippen LogP contribution in [0.25, 0.3) is 16.9 Å². The van der Waals surface area contributed by atoms with Crippen LogP contribution in [-0.4, -0.2) is 30.3 Å². The predicted molar refractivity (Wildman–Crippen MR) is 103 cm³/mol. The fourth-order valence-corrected chi connectivity index (χ4v) is 3.00. The lowest BCUT2D eigenvalue weighted by molar-refractivity contribution is 0.102. The maximum atomic E-state index is 12.9. The molecule has 0 aliphatic carbocycles. The number of benzene rings is 1. The van der Waals surface area contributed by atoms with Gasteiger partial charge in [0.25, 0.3) is 5.91 Å². The smallest absolute Gasteiger partial charge is 0.261 e. The van der Waals surface area contributed by atoms with Crippen molar-refractivity contribution in [3.05, 3.63) is 59.5 Å². The third kappa shape index (κ3) is 3.01. The van der Waals surface area contributed by atoms with Crippen molar-refractivity contribution >= 4 is 23.1 Å². The minimum absolute atomic E-state index is 0.317. The molecule has 136 valence electrons. The van der Waals surface area contributed by atoms with Gasteiger partial charge in [0, 0.05) is 25.0 Å². The first-order chi connectivity index (χ1) is 12.9. The fourth-order valence-electron chi connectivity index (χ4n) is 3.00. The standard InChI is InChI=1S/C19H19N7O/c1-11-4-5-12(2)13(8-11)17-15(10-25(3)24-17)22-19(27)14-9-21-26-7-6-16(20)23-18(14)26/h4-10H,1-3H3,(H2,20,23)(H,22,27). The van der Waals surface area contributed by atoms with Crippen LogP contribution in [0.15, 0.2) is 42.9 Å². The summed E-state index contributed by atoms with van der Waals surface area (Å²) in [5.74, 6) is 0.0113. The number of nitrogens with zero attached hydrogens (tertiary/aromatic N) is 5. The van der Waals surface area contributed by atoms with E-state index in [-0.39, 0.29) is 5.91 Å². The summed E-state index contributed by atoms with van der Waals surface area (Å²) in [5.41, 5.74) is 11.0. The molecular formula is C19H19N7O. The molecule has 3 heterocycles. The largest absolute Gasteiger partial charge is 0.384 e. The first-order valence-corrected chi connectivity index (χ1v) is 8.45. The maximum Gasteiger partial charge on any atom is 0.261 e. The minimum atomic E-state index is -0.317. The number of fused-ring (bicyclic) bond motifs is 1. The third-order valence-electron chi connectivity index (χ3n) is 4.36. The zero-order valence-electron chi connectivity index (χ0n) is 15.3. The highest BCUT2D eigenvalue weighted by Crippen LogP contribution is 2.30. The van der Waals surface area contributed by atoms with Gasteiger partial charge in [0.15, 0.2) is 5.65 Å². The quantitative estimate of drug-likeness (QED) is 0.584. The molecule has 8 nitrogen and oxygen atoms in total. The molecule has 27 heavy (non-hydrogen) atoms. The van der Waals surface area contributed by atoms with Gasteiger partial charge in [-0.15, -0.1) is 0 Å². The Kier molecular flexibility index (Phi) is 3.88. The number of nitrogens with one attached hydrogen (secondary N) is 1. The van der Waals surface area contributed by atoms with E-state index in [9.17, 15) is 4.79 Å². The molecule has 0 spiro atoms. The molecule has 0 bridgehead atoms. The van der Waals surface area contributed by atoms with Gasteiger partial charge in [-0.2, -0.15) is 10.2 Å². The van der Waals surface area contributed by atoms with Gasteiger partial charge in [0.05, 0.1) is 11.9 Å². The summed E-state index contributed by atoms with van der Waals surface area (Å²) in [6, 6.07) is 7.78. The molecule has 0 fully saturated rings. The molecule has 1 amide bonds. The normalized spacial score (nSPS) is 11.1. The van der Waals surface area contributed by atoms with E-state index < -0.39 is 0 Å². The van der Waals surface area contributed by atoms with E-state index in [1.807, 2.05) is 27.0 Å². The number of nitrogens with two attached hydrogens (primary N) is 1. The third-order valence-corrected chi connectivity index (χ3v) is 4.36. The topological polar surface area (TPSA) is 103 Å². The van der Waals surface area contributed by atoms with Crippen molar-refractivity contribution in [2.75, 3.05) is 11.1 Å². The molecule has 8 heteroatoms. The summed E-state index contributed by atoms with van der Waals surface area (Å²) in [6.07, 6.45) is 4.92. The van der Waals surface area contributed by atoms with Crippen molar-refractivity contribution in [2.24, 2.45) is 7.05 Å². The number of anilines is 2. The molecule has 0 aliphatic rings. The molecule has 0 saturated carbocycles.